The molecule has 0 spiro atoms. The number of benzene rings is 1. The number of carbonyl (C=O) groups is 3. The molecule has 4 atom stereocenters. The normalized spacial score (nSPS) is 28.0. The Bertz CT molecular complexity index is 816. The van der Waals surface area contributed by atoms with Gasteiger partial charge < -0.3 is 30.3 Å². The minimum atomic E-state index is -0.687. The third-order valence-corrected chi connectivity index (χ3v) is 5.85. The van der Waals surface area contributed by atoms with Crippen molar-refractivity contribution in [3.8, 4) is 5.75 Å². The van der Waals surface area contributed by atoms with Crippen LogP contribution in [-0.2, 0) is 19.1 Å². The van der Waals surface area contributed by atoms with Gasteiger partial charge in [-0.25, -0.2) is 0 Å². The highest BCUT2D eigenvalue weighted by molar-refractivity contribution is 5.93. The number of nitrogens with zero attached hydrogens (tertiary/aromatic N) is 1. The average Bonchev–Trinajstić information content (AvgIpc) is 3.10. The number of ether oxygens (including phenoxy) is 2. The fourth-order valence-corrected chi connectivity index (χ4v) is 4.42. The summed E-state index contributed by atoms with van der Waals surface area (Å²) in [6.45, 7) is 1.01. The van der Waals surface area contributed by atoms with Crippen molar-refractivity contribution in [2.75, 3.05) is 26.8 Å². The summed E-state index contributed by atoms with van der Waals surface area (Å²) in [5, 5.41) is 8.63. The number of hydrogen-bond donors (Lipinski definition) is 3. The molecule has 4 rings (SSSR count). The van der Waals surface area contributed by atoms with Gasteiger partial charge in [-0.1, -0.05) is 18.2 Å². The summed E-state index contributed by atoms with van der Waals surface area (Å²) in [4.78, 5) is 39.9. The first-order chi connectivity index (χ1) is 14.6. The smallest absolute Gasteiger partial charge is 0.247 e. The van der Waals surface area contributed by atoms with Crippen LogP contribution in [0.1, 0.15) is 37.3 Å². The number of fused-ring (bicyclic) bond motifs is 2. The van der Waals surface area contributed by atoms with Gasteiger partial charge in [0.25, 0.3) is 0 Å². The Hall–Kier alpha value is -2.65. The minimum Gasteiger partial charge on any atom is -0.493 e. The summed E-state index contributed by atoms with van der Waals surface area (Å²) >= 11 is 0. The Kier molecular flexibility index (Phi) is 6.19. The number of nitrogens with one attached hydrogen (secondary N) is 3. The molecule has 2 saturated heterocycles. The number of hydrogen-bond acceptors (Lipinski definition) is 6. The van der Waals surface area contributed by atoms with Crippen LogP contribution in [0, 0.1) is 0 Å². The quantitative estimate of drug-likeness (QED) is 0.627. The lowest BCUT2D eigenvalue weighted by molar-refractivity contribution is -0.149. The summed E-state index contributed by atoms with van der Waals surface area (Å²) in [7, 11) is 1.67. The van der Waals surface area contributed by atoms with Crippen LogP contribution in [-0.4, -0.2) is 67.7 Å². The summed E-state index contributed by atoms with van der Waals surface area (Å²) < 4.78 is 11.5. The molecule has 2 fully saturated rings. The first-order valence-electron chi connectivity index (χ1n) is 10.5. The van der Waals surface area contributed by atoms with Crippen LogP contribution in [0.25, 0.3) is 0 Å². The highest BCUT2D eigenvalue weighted by Gasteiger charge is 2.46. The van der Waals surface area contributed by atoms with E-state index in [0.717, 1.165) is 11.3 Å². The minimum absolute atomic E-state index is 0.126. The van der Waals surface area contributed by atoms with Gasteiger partial charge in [0.05, 0.1) is 25.8 Å². The number of carbonyl (C=O) groups excluding carboxylic acids is 3. The molecule has 3 amide bonds. The molecule has 4 unspecified atom stereocenters. The van der Waals surface area contributed by atoms with E-state index in [2.05, 4.69) is 16.0 Å². The highest BCUT2D eigenvalue weighted by atomic mass is 16.5. The second-order valence-electron chi connectivity index (χ2n) is 7.84. The van der Waals surface area contributed by atoms with Crippen LogP contribution in [0.2, 0.25) is 0 Å². The molecule has 0 saturated carbocycles. The molecule has 9 heteroatoms. The maximum absolute atomic E-state index is 13.2. The second kappa shape index (κ2) is 9.01. The summed E-state index contributed by atoms with van der Waals surface area (Å²) in [5.74, 6) is 0.0680. The molecule has 3 aliphatic rings. The van der Waals surface area contributed by atoms with E-state index < -0.39 is 18.3 Å². The van der Waals surface area contributed by atoms with Gasteiger partial charge in [-0.2, -0.15) is 0 Å². The zero-order valence-corrected chi connectivity index (χ0v) is 17.1. The van der Waals surface area contributed by atoms with E-state index in [0.29, 0.717) is 38.9 Å². The van der Waals surface area contributed by atoms with Crippen molar-refractivity contribution in [2.24, 2.45) is 0 Å². The van der Waals surface area contributed by atoms with E-state index in [-0.39, 0.29) is 30.3 Å². The molecule has 0 bridgehead atoms. The van der Waals surface area contributed by atoms with E-state index >= 15 is 0 Å². The van der Waals surface area contributed by atoms with Crippen LogP contribution in [0.3, 0.4) is 0 Å². The molecule has 1 aromatic carbocycles. The Morgan fingerprint density at radius 1 is 1.07 bits per heavy atom. The van der Waals surface area contributed by atoms with Crippen molar-refractivity contribution in [3.05, 3.63) is 29.8 Å². The van der Waals surface area contributed by atoms with Crippen LogP contribution >= 0.6 is 0 Å². The van der Waals surface area contributed by atoms with Gasteiger partial charge in [-0.3, -0.25) is 14.4 Å². The first kappa shape index (κ1) is 20.6. The maximum atomic E-state index is 13.2. The van der Waals surface area contributed by atoms with Crippen molar-refractivity contribution >= 4 is 17.7 Å². The van der Waals surface area contributed by atoms with E-state index in [9.17, 15) is 14.4 Å². The van der Waals surface area contributed by atoms with Crippen LogP contribution < -0.4 is 20.7 Å². The zero-order valence-electron chi connectivity index (χ0n) is 17.1. The van der Waals surface area contributed by atoms with Gasteiger partial charge in [0.1, 0.15) is 24.1 Å². The molecule has 9 nitrogen and oxygen atoms in total. The highest BCUT2D eigenvalue weighted by Crippen LogP contribution is 2.33. The van der Waals surface area contributed by atoms with E-state index in [1.807, 2.05) is 24.3 Å². The lowest BCUT2D eigenvalue weighted by atomic mass is 10.00. The SMILES string of the molecule is CNCC(=O)NC1CCOC2CCC(C(=O)NC3CCOc4ccccc43)N2C1=O. The van der Waals surface area contributed by atoms with E-state index in [1.54, 1.807) is 7.05 Å². The molecule has 30 heavy (non-hydrogen) atoms. The molecule has 3 N–H and O–H groups in total. The standard InChI is InChI=1S/C21H28N4O5/c1-22-12-18(26)23-15-9-11-30-19-7-6-16(25(19)21(15)28)20(27)24-14-8-10-29-17-5-3-2-4-13(14)17/h2-5,14-16,19,22H,6-12H2,1H3,(H,23,26)(H,24,27). The predicted octanol–water partition coefficient (Wildman–Crippen LogP) is 0.0680. The average molecular weight is 416 g/mol. The van der Waals surface area contributed by atoms with Crippen molar-refractivity contribution in [1.82, 2.24) is 20.9 Å². The zero-order chi connectivity index (χ0) is 21.1. The first-order valence-corrected chi connectivity index (χ1v) is 10.5. The second-order valence-corrected chi connectivity index (χ2v) is 7.84. The van der Waals surface area contributed by atoms with E-state index in [1.165, 1.54) is 4.90 Å². The van der Waals surface area contributed by atoms with Gasteiger partial charge in [-0.15, -0.1) is 0 Å². The molecular formula is C21H28N4O5. The van der Waals surface area contributed by atoms with Crippen LogP contribution in [0.5, 0.6) is 5.75 Å². The summed E-state index contributed by atoms with van der Waals surface area (Å²) in [6.07, 6.45) is 1.77. The van der Waals surface area contributed by atoms with Crippen molar-refractivity contribution < 1.29 is 23.9 Å². The molecule has 0 aromatic heterocycles. The molecule has 3 heterocycles. The summed E-state index contributed by atoms with van der Waals surface area (Å²) in [5.41, 5.74) is 0.947. The van der Waals surface area contributed by atoms with Gasteiger partial charge in [0.15, 0.2) is 0 Å². The number of para-hydroxylation sites is 1. The van der Waals surface area contributed by atoms with Gasteiger partial charge in [0.2, 0.25) is 17.7 Å². The van der Waals surface area contributed by atoms with Crippen molar-refractivity contribution in [1.29, 1.82) is 0 Å². The monoisotopic (exact) mass is 416 g/mol. The van der Waals surface area contributed by atoms with Crippen molar-refractivity contribution in [3.63, 3.8) is 0 Å². The lowest BCUT2D eigenvalue weighted by Gasteiger charge is -2.32. The number of rotatable bonds is 5. The third-order valence-electron chi connectivity index (χ3n) is 5.85. The van der Waals surface area contributed by atoms with Gasteiger partial charge in [0, 0.05) is 18.4 Å². The van der Waals surface area contributed by atoms with Crippen molar-refractivity contribution in [2.45, 2.75) is 50.0 Å². The van der Waals surface area contributed by atoms with E-state index in [4.69, 9.17) is 9.47 Å². The topological polar surface area (TPSA) is 109 Å². The lowest BCUT2D eigenvalue weighted by Crippen LogP contribution is -2.55. The molecule has 3 aliphatic heterocycles. The fraction of sp³-hybridized carbons (Fsp3) is 0.571. The van der Waals surface area contributed by atoms with Crippen LogP contribution in [0.4, 0.5) is 0 Å². The largest absolute Gasteiger partial charge is 0.493 e. The molecule has 1 aromatic rings. The molecule has 162 valence electrons. The number of amides is 3. The Morgan fingerprint density at radius 2 is 1.87 bits per heavy atom. The summed E-state index contributed by atoms with van der Waals surface area (Å²) in [6, 6.07) is 6.21. The Balaban J connectivity index is 1.47. The Labute approximate surface area is 175 Å². The molecule has 0 radical (unpaired) electrons. The van der Waals surface area contributed by atoms with Gasteiger partial charge >= 0.3 is 0 Å². The predicted molar refractivity (Wildman–Crippen MR) is 108 cm³/mol. The molecular weight excluding hydrogens is 388 g/mol. The maximum Gasteiger partial charge on any atom is 0.247 e. The van der Waals surface area contributed by atoms with Gasteiger partial charge in [-0.05, 0) is 26.0 Å². The number of likely N-dealkylation sites (N-methyl/N-ethyl adjacent to an activating group) is 1. The van der Waals surface area contributed by atoms with Crippen LogP contribution in [0.15, 0.2) is 24.3 Å². The third kappa shape index (κ3) is 4.13. The Morgan fingerprint density at radius 3 is 2.70 bits per heavy atom. The molecule has 0 aliphatic carbocycles. The fourth-order valence-electron chi connectivity index (χ4n) is 4.42.